The van der Waals surface area contributed by atoms with E-state index in [9.17, 15) is 0 Å². The number of furan rings is 1. The quantitative estimate of drug-likeness (QED) is 0.927. The van der Waals surface area contributed by atoms with E-state index in [-0.39, 0.29) is 0 Å². The molecule has 0 unspecified atom stereocenters. The second kappa shape index (κ2) is 6.05. The molecular formula is C15H20N4O. The zero-order valence-electron chi connectivity index (χ0n) is 11.7. The van der Waals surface area contributed by atoms with E-state index in [0.29, 0.717) is 12.0 Å². The smallest absolute Gasteiger partial charge is 0.222 e. The molecule has 0 saturated carbocycles. The second-order valence-electron chi connectivity index (χ2n) is 5.12. The van der Waals surface area contributed by atoms with Crippen molar-refractivity contribution in [2.45, 2.75) is 31.8 Å². The summed E-state index contributed by atoms with van der Waals surface area (Å²) in [5, 5.41) is 3.01. The molecule has 0 radical (unpaired) electrons. The van der Waals surface area contributed by atoms with Crippen molar-refractivity contribution in [3.05, 3.63) is 42.1 Å². The molecule has 5 nitrogen and oxygen atoms in total. The lowest BCUT2D eigenvalue weighted by atomic mass is 9.99. The average molecular weight is 272 g/mol. The van der Waals surface area contributed by atoms with Gasteiger partial charge in [0.2, 0.25) is 5.95 Å². The molecule has 3 heterocycles. The van der Waals surface area contributed by atoms with E-state index in [2.05, 4.69) is 20.2 Å². The number of aromatic nitrogens is 2. The number of hydrogen-bond acceptors (Lipinski definition) is 5. The Balaban J connectivity index is 1.80. The Hall–Kier alpha value is -1.88. The lowest BCUT2D eigenvalue weighted by Gasteiger charge is -2.34. The lowest BCUT2D eigenvalue weighted by molar-refractivity contribution is 0.127. The molecule has 20 heavy (non-hydrogen) atoms. The highest BCUT2D eigenvalue weighted by Gasteiger charge is 2.25. The number of rotatable bonds is 4. The number of likely N-dealkylation sites (tertiary alicyclic amines) is 1. The van der Waals surface area contributed by atoms with E-state index < -0.39 is 0 Å². The third-order valence-electron chi connectivity index (χ3n) is 3.79. The van der Waals surface area contributed by atoms with Gasteiger partial charge >= 0.3 is 0 Å². The van der Waals surface area contributed by atoms with Crippen molar-refractivity contribution in [2.75, 3.05) is 18.9 Å². The van der Waals surface area contributed by atoms with Crippen molar-refractivity contribution < 1.29 is 4.42 Å². The predicted molar refractivity (Wildman–Crippen MR) is 77.3 cm³/mol. The molecule has 1 N–H and O–H groups in total. The summed E-state index contributed by atoms with van der Waals surface area (Å²) in [6.07, 6.45) is 7.19. The standard InChI is InChI=1S/C15H20N4O/c1-16-15-17-8-7-13(18-15)14-6-2-3-9-19(14)11-12-5-4-10-20-12/h4-5,7-8,10,14H,2-3,6,9,11H2,1H3,(H,16,17,18)/t14-/m0/s1. The van der Waals surface area contributed by atoms with Crippen LogP contribution in [0.3, 0.4) is 0 Å². The van der Waals surface area contributed by atoms with Crippen LogP contribution in [0.25, 0.3) is 0 Å². The topological polar surface area (TPSA) is 54.2 Å². The Morgan fingerprint density at radius 3 is 3.15 bits per heavy atom. The van der Waals surface area contributed by atoms with Gasteiger partial charge in [0.05, 0.1) is 24.5 Å². The molecule has 3 rings (SSSR count). The maximum atomic E-state index is 5.48. The zero-order chi connectivity index (χ0) is 13.8. The highest BCUT2D eigenvalue weighted by Crippen LogP contribution is 2.31. The first-order chi connectivity index (χ1) is 9.86. The zero-order valence-corrected chi connectivity index (χ0v) is 11.7. The van der Waals surface area contributed by atoms with Crippen LogP contribution in [0.15, 0.2) is 35.1 Å². The predicted octanol–water partition coefficient (Wildman–Crippen LogP) is 2.84. The van der Waals surface area contributed by atoms with Gasteiger partial charge in [-0.15, -0.1) is 0 Å². The van der Waals surface area contributed by atoms with Crippen molar-refractivity contribution in [1.82, 2.24) is 14.9 Å². The summed E-state index contributed by atoms with van der Waals surface area (Å²) in [5.74, 6) is 1.70. The molecule has 0 spiro atoms. The van der Waals surface area contributed by atoms with E-state index in [1.54, 1.807) is 6.26 Å². The highest BCUT2D eigenvalue weighted by atomic mass is 16.3. The number of piperidine rings is 1. The molecule has 106 valence electrons. The molecular weight excluding hydrogens is 252 g/mol. The fourth-order valence-corrected chi connectivity index (χ4v) is 2.80. The summed E-state index contributed by atoms with van der Waals surface area (Å²) in [6, 6.07) is 6.35. The summed E-state index contributed by atoms with van der Waals surface area (Å²) >= 11 is 0. The Kier molecular flexibility index (Phi) is 3.97. The molecule has 0 bridgehead atoms. The van der Waals surface area contributed by atoms with Gasteiger partial charge in [-0.2, -0.15) is 0 Å². The van der Waals surface area contributed by atoms with Crippen LogP contribution in [0, 0.1) is 0 Å². The van der Waals surface area contributed by atoms with Gasteiger partial charge < -0.3 is 9.73 Å². The van der Waals surface area contributed by atoms with E-state index in [0.717, 1.165) is 31.0 Å². The molecule has 1 atom stereocenters. The first-order valence-electron chi connectivity index (χ1n) is 7.14. The van der Waals surface area contributed by atoms with Crippen LogP contribution in [-0.4, -0.2) is 28.5 Å². The summed E-state index contributed by atoms with van der Waals surface area (Å²) in [7, 11) is 1.85. The summed E-state index contributed by atoms with van der Waals surface area (Å²) < 4.78 is 5.48. The van der Waals surface area contributed by atoms with Crippen molar-refractivity contribution in [3.63, 3.8) is 0 Å². The third kappa shape index (κ3) is 2.82. The maximum Gasteiger partial charge on any atom is 0.222 e. The van der Waals surface area contributed by atoms with Crippen LogP contribution in [0.5, 0.6) is 0 Å². The molecule has 0 aliphatic carbocycles. The molecule has 2 aromatic heterocycles. The van der Waals surface area contributed by atoms with Crippen LogP contribution in [-0.2, 0) is 6.54 Å². The fraction of sp³-hybridized carbons (Fsp3) is 0.467. The van der Waals surface area contributed by atoms with Crippen LogP contribution >= 0.6 is 0 Å². The van der Waals surface area contributed by atoms with Gasteiger partial charge in [0.15, 0.2) is 0 Å². The Labute approximate surface area is 119 Å². The van der Waals surface area contributed by atoms with Crippen molar-refractivity contribution in [1.29, 1.82) is 0 Å². The maximum absolute atomic E-state index is 5.48. The Morgan fingerprint density at radius 1 is 1.40 bits per heavy atom. The molecule has 1 aliphatic heterocycles. The van der Waals surface area contributed by atoms with Crippen molar-refractivity contribution >= 4 is 5.95 Å². The number of anilines is 1. The molecule has 1 aliphatic rings. The van der Waals surface area contributed by atoms with Crippen LogP contribution in [0.4, 0.5) is 5.95 Å². The Bertz CT molecular complexity index is 541. The monoisotopic (exact) mass is 272 g/mol. The van der Waals surface area contributed by atoms with Gasteiger partial charge in [-0.05, 0) is 37.6 Å². The van der Waals surface area contributed by atoms with Gasteiger partial charge in [-0.1, -0.05) is 6.42 Å². The minimum absolute atomic E-state index is 0.351. The fourth-order valence-electron chi connectivity index (χ4n) is 2.80. The minimum atomic E-state index is 0.351. The molecule has 5 heteroatoms. The lowest BCUT2D eigenvalue weighted by Crippen LogP contribution is -2.33. The number of nitrogens with one attached hydrogen (secondary N) is 1. The van der Waals surface area contributed by atoms with Gasteiger partial charge in [-0.3, -0.25) is 4.90 Å². The highest BCUT2D eigenvalue weighted by molar-refractivity contribution is 5.25. The van der Waals surface area contributed by atoms with Crippen LogP contribution < -0.4 is 5.32 Å². The summed E-state index contributed by atoms with van der Waals surface area (Å²) in [5.41, 5.74) is 1.09. The van der Waals surface area contributed by atoms with Gasteiger partial charge in [0, 0.05) is 13.2 Å². The number of nitrogens with zero attached hydrogens (tertiary/aromatic N) is 3. The first-order valence-corrected chi connectivity index (χ1v) is 7.14. The largest absolute Gasteiger partial charge is 0.468 e. The molecule has 0 aromatic carbocycles. The van der Waals surface area contributed by atoms with E-state index in [1.807, 2.05) is 31.4 Å². The molecule has 2 aromatic rings. The normalized spacial score (nSPS) is 19.9. The van der Waals surface area contributed by atoms with Crippen molar-refractivity contribution in [2.24, 2.45) is 0 Å². The third-order valence-corrected chi connectivity index (χ3v) is 3.79. The van der Waals surface area contributed by atoms with E-state index >= 15 is 0 Å². The Morgan fingerprint density at radius 2 is 2.35 bits per heavy atom. The van der Waals surface area contributed by atoms with Crippen molar-refractivity contribution in [3.8, 4) is 0 Å². The van der Waals surface area contributed by atoms with Crippen LogP contribution in [0.1, 0.15) is 36.8 Å². The molecule has 0 amide bonds. The summed E-state index contributed by atoms with van der Waals surface area (Å²) in [4.78, 5) is 11.2. The SMILES string of the molecule is CNc1nccc([C@@H]2CCCCN2Cc2ccco2)n1. The van der Waals surface area contributed by atoms with Crippen LogP contribution in [0.2, 0.25) is 0 Å². The molecule has 1 saturated heterocycles. The van der Waals surface area contributed by atoms with E-state index in [1.165, 1.54) is 12.8 Å². The summed E-state index contributed by atoms with van der Waals surface area (Å²) in [6.45, 7) is 1.93. The number of hydrogen-bond donors (Lipinski definition) is 1. The van der Waals surface area contributed by atoms with Gasteiger partial charge in [0.1, 0.15) is 5.76 Å². The average Bonchev–Trinajstić information content (AvgIpc) is 3.01. The van der Waals surface area contributed by atoms with Gasteiger partial charge in [0.25, 0.3) is 0 Å². The second-order valence-corrected chi connectivity index (χ2v) is 5.12. The molecule has 1 fully saturated rings. The van der Waals surface area contributed by atoms with Gasteiger partial charge in [-0.25, -0.2) is 9.97 Å². The van der Waals surface area contributed by atoms with E-state index in [4.69, 9.17) is 4.42 Å². The first kappa shape index (κ1) is 13.1. The minimum Gasteiger partial charge on any atom is -0.468 e.